The third kappa shape index (κ3) is 73.4. The Morgan fingerprint density at radius 2 is 0.587 bits per heavy atom. The number of unbranched alkanes of at least 4 members (excludes halogenated alkanes) is 12. The maximum atomic E-state index is 12.9. The van der Waals surface area contributed by atoms with E-state index in [-0.39, 0.29) is 26.1 Å². The van der Waals surface area contributed by atoms with Gasteiger partial charge in [-0.3, -0.25) is 18.6 Å². The molecular weight excluding hydrogens is 1160 g/mol. The first-order chi connectivity index (χ1) is 45.0. The lowest BCUT2D eigenvalue weighted by molar-refractivity contribution is -0.870. The van der Waals surface area contributed by atoms with Crippen LogP contribution in [0.5, 0.6) is 0 Å². The average molecular weight is 1290 g/mol. The molecule has 0 heterocycles. The van der Waals surface area contributed by atoms with Crippen LogP contribution in [-0.4, -0.2) is 74.9 Å². The van der Waals surface area contributed by atoms with Crippen LogP contribution in [-0.2, 0) is 32.7 Å². The summed E-state index contributed by atoms with van der Waals surface area (Å²) in [5.74, 6) is -0.854. The fraction of sp³-hybridized carbons (Fsp3) is 0.537. The topological polar surface area (TPSA) is 108 Å². The van der Waals surface area contributed by atoms with Crippen molar-refractivity contribution >= 4 is 19.8 Å². The number of ether oxygens (including phenoxy) is 2. The largest absolute Gasteiger partial charge is 0.472 e. The number of phosphoric ester groups is 1. The number of nitrogens with zero attached hydrogens (tertiary/aromatic N) is 1. The highest BCUT2D eigenvalue weighted by molar-refractivity contribution is 7.47. The number of phosphoric acid groups is 1. The molecule has 0 rings (SSSR count). The Morgan fingerprint density at radius 3 is 0.870 bits per heavy atom. The van der Waals surface area contributed by atoms with Crippen LogP contribution in [0.25, 0.3) is 0 Å². The van der Waals surface area contributed by atoms with Crippen molar-refractivity contribution in [2.24, 2.45) is 0 Å². The summed E-state index contributed by atoms with van der Waals surface area (Å²) in [6, 6.07) is 0. The zero-order valence-corrected chi connectivity index (χ0v) is 59.3. The molecule has 2 atom stereocenters. The van der Waals surface area contributed by atoms with E-state index >= 15 is 0 Å². The number of esters is 2. The van der Waals surface area contributed by atoms with Crippen LogP contribution < -0.4 is 0 Å². The second-order valence-corrected chi connectivity index (χ2v) is 25.3. The number of quaternary nitrogens is 1. The number of hydrogen-bond donors (Lipinski definition) is 1. The second-order valence-electron chi connectivity index (χ2n) is 23.8. The molecule has 0 aliphatic carbocycles. The molecular formula is C82H129NO8P+. The van der Waals surface area contributed by atoms with Gasteiger partial charge in [-0.05, 0) is 154 Å². The smallest absolute Gasteiger partial charge is 0.462 e. The van der Waals surface area contributed by atoms with E-state index in [1.807, 2.05) is 21.1 Å². The summed E-state index contributed by atoms with van der Waals surface area (Å²) in [6.07, 6.45) is 112. The summed E-state index contributed by atoms with van der Waals surface area (Å²) < 4.78 is 34.7. The molecule has 0 aromatic carbocycles. The van der Waals surface area contributed by atoms with Crippen molar-refractivity contribution in [3.8, 4) is 0 Å². The van der Waals surface area contributed by atoms with Crippen LogP contribution in [0.15, 0.2) is 219 Å². The van der Waals surface area contributed by atoms with Crippen molar-refractivity contribution in [1.82, 2.24) is 0 Å². The molecule has 0 saturated carbocycles. The Morgan fingerprint density at radius 1 is 0.337 bits per heavy atom. The van der Waals surface area contributed by atoms with Gasteiger partial charge in [-0.2, -0.15) is 0 Å². The summed E-state index contributed by atoms with van der Waals surface area (Å²) in [7, 11) is 1.42. The summed E-state index contributed by atoms with van der Waals surface area (Å²) in [5.41, 5.74) is 0. The average Bonchev–Trinajstić information content (AvgIpc) is 2.14. The van der Waals surface area contributed by atoms with Crippen molar-refractivity contribution in [2.45, 2.75) is 238 Å². The van der Waals surface area contributed by atoms with Crippen molar-refractivity contribution < 1.29 is 42.1 Å². The Hall–Kier alpha value is -5.67. The Labute approximate surface area is 563 Å². The molecule has 9 nitrogen and oxygen atoms in total. The van der Waals surface area contributed by atoms with Crippen LogP contribution in [0.2, 0.25) is 0 Å². The molecule has 514 valence electrons. The molecule has 2 unspecified atom stereocenters. The van der Waals surface area contributed by atoms with Crippen molar-refractivity contribution in [1.29, 1.82) is 0 Å². The normalized spacial score (nSPS) is 14.5. The summed E-state index contributed by atoms with van der Waals surface area (Å²) in [4.78, 5) is 35.9. The van der Waals surface area contributed by atoms with E-state index in [4.69, 9.17) is 18.5 Å². The molecule has 0 amide bonds. The quantitative estimate of drug-likeness (QED) is 0.0211. The zero-order valence-electron chi connectivity index (χ0n) is 58.4. The van der Waals surface area contributed by atoms with Crippen LogP contribution in [0, 0.1) is 0 Å². The van der Waals surface area contributed by atoms with Crippen molar-refractivity contribution in [3.63, 3.8) is 0 Å². The van der Waals surface area contributed by atoms with Crippen LogP contribution in [0.3, 0.4) is 0 Å². The van der Waals surface area contributed by atoms with E-state index in [2.05, 4.69) is 233 Å². The fourth-order valence-electron chi connectivity index (χ4n) is 8.65. The number of allylic oxidation sites excluding steroid dienone is 36. The minimum Gasteiger partial charge on any atom is -0.462 e. The van der Waals surface area contributed by atoms with Gasteiger partial charge >= 0.3 is 19.8 Å². The molecule has 0 aromatic rings. The number of hydrogen-bond acceptors (Lipinski definition) is 7. The lowest BCUT2D eigenvalue weighted by atomic mass is 10.1. The van der Waals surface area contributed by atoms with Gasteiger partial charge in [-0.1, -0.05) is 284 Å². The molecule has 0 aromatic heterocycles. The van der Waals surface area contributed by atoms with Gasteiger partial charge in [-0.25, -0.2) is 4.57 Å². The van der Waals surface area contributed by atoms with E-state index < -0.39 is 32.5 Å². The van der Waals surface area contributed by atoms with E-state index in [0.717, 1.165) is 167 Å². The van der Waals surface area contributed by atoms with E-state index in [0.29, 0.717) is 23.9 Å². The molecule has 10 heteroatoms. The number of carbonyl (C=O) groups excluding carboxylic acids is 2. The lowest BCUT2D eigenvalue weighted by Crippen LogP contribution is -2.37. The molecule has 0 fully saturated rings. The zero-order chi connectivity index (χ0) is 66.9. The number of carbonyl (C=O) groups is 2. The van der Waals surface area contributed by atoms with Gasteiger partial charge in [0.2, 0.25) is 0 Å². The number of likely N-dealkylation sites (N-methyl/N-ethyl adjacent to an activating group) is 1. The van der Waals surface area contributed by atoms with Gasteiger partial charge in [0.1, 0.15) is 19.8 Å². The maximum absolute atomic E-state index is 12.9. The third-order valence-electron chi connectivity index (χ3n) is 14.0. The summed E-state index contributed by atoms with van der Waals surface area (Å²) >= 11 is 0. The second kappa shape index (κ2) is 69.7. The molecule has 92 heavy (non-hydrogen) atoms. The van der Waals surface area contributed by atoms with Crippen molar-refractivity contribution in [3.05, 3.63) is 219 Å². The maximum Gasteiger partial charge on any atom is 0.472 e. The van der Waals surface area contributed by atoms with Gasteiger partial charge in [0.05, 0.1) is 27.7 Å². The predicted molar refractivity (Wildman–Crippen MR) is 398 cm³/mol. The lowest BCUT2D eigenvalue weighted by Gasteiger charge is -2.24. The molecule has 0 aliphatic heterocycles. The predicted octanol–water partition coefficient (Wildman–Crippen LogP) is 23.6. The number of rotatable bonds is 62. The minimum absolute atomic E-state index is 0.0127. The molecule has 1 N–H and O–H groups in total. The summed E-state index contributed by atoms with van der Waals surface area (Å²) in [6.45, 7) is 4.13. The van der Waals surface area contributed by atoms with Crippen LogP contribution in [0.4, 0.5) is 0 Å². The highest BCUT2D eigenvalue weighted by Gasteiger charge is 2.27. The molecule has 0 bridgehead atoms. The summed E-state index contributed by atoms with van der Waals surface area (Å²) in [5, 5.41) is 0. The highest BCUT2D eigenvalue weighted by Crippen LogP contribution is 2.43. The highest BCUT2D eigenvalue weighted by atomic mass is 31.2. The standard InChI is InChI=1S/C82H128NO8P/c1-6-8-10-12-14-16-18-20-22-24-26-28-30-32-34-36-37-38-39-40-41-42-43-44-45-47-49-51-53-55-57-59-61-63-65-67-69-71-73-75-82(85)91-80(79-90-92(86,87)89-77-76-83(3,4)5)78-88-81(84)74-72-70-68-66-64-62-60-58-56-54-52-50-48-46-35-33-31-29-27-25-23-21-19-17-15-13-11-9-7-2/h8-11,14-17,20-23,26-29,32-35,37-38,40-41,43-44,47-50,53-56,60,62,80H,6-7,12-13,18-19,24-25,30-31,36,39,42,45-46,51-52,57-59,61,63-79H2,1-5H3/p+1/b10-8-,11-9-,16-14-,17-15-,22-20-,23-21-,28-26-,29-27-,34-32-,35-33-,38-37-,41-40-,44-43-,49-47-,50-48-,55-53-,56-54-,62-60-. The van der Waals surface area contributed by atoms with Gasteiger partial charge in [-0.15, -0.1) is 0 Å². The molecule has 0 radical (unpaired) electrons. The first kappa shape index (κ1) is 86.3. The van der Waals surface area contributed by atoms with Crippen LogP contribution >= 0.6 is 7.82 Å². The fourth-order valence-corrected chi connectivity index (χ4v) is 9.39. The van der Waals surface area contributed by atoms with Gasteiger partial charge < -0.3 is 18.9 Å². The molecule has 0 spiro atoms. The minimum atomic E-state index is -4.42. The monoisotopic (exact) mass is 1290 g/mol. The Kier molecular flexibility index (Phi) is 65.4. The molecule has 0 saturated heterocycles. The third-order valence-corrected chi connectivity index (χ3v) is 15.0. The Balaban J connectivity index is 4.21. The first-order valence-corrected chi connectivity index (χ1v) is 37.0. The first-order valence-electron chi connectivity index (χ1n) is 35.5. The van der Waals surface area contributed by atoms with E-state index in [1.54, 1.807) is 0 Å². The van der Waals surface area contributed by atoms with Crippen LogP contribution in [0.1, 0.15) is 232 Å². The SMILES string of the molecule is CC/C=C\C/C=C\C/C=C\C/C=C\C/C=C\C/C=C\C/C=C\C/C=C\C/C=C\C/C=C\CCCCCCCCCCC(=O)OC(COC(=O)CCCCCC/C=C\C/C=C\C/C=C\C/C=C\C/C=C\C/C=C\C/C=C\C/C=C\CC)COP(=O)(O)OCC[N+](C)(C)C. The van der Waals surface area contributed by atoms with Gasteiger partial charge in [0.15, 0.2) is 6.10 Å². The van der Waals surface area contributed by atoms with Crippen molar-refractivity contribution in [2.75, 3.05) is 47.5 Å². The molecule has 0 aliphatic rings. The Bertz CT molecular complexity index is 2360. The van der Waals surface area contributed by atoms with E-state index in [9.17, 15) is 19.0 Å². The van der Waals surface area contributed by atoms with E-state index in [1.165, 1.54) is 25.7 Å². The van der Waals surface area contributed by atoms with Gasteiger partial charge in [0, 0.05) is 12.8 Å². The van der Waals surface area contributed by atoms with Gasteiger partial charge in [0.25, 0.3) is 0 Å².